The molecular formula is C12H14ClN3OS. The topological polar surface area (TPSA) is 54.0 Å². The predicted octanol–water partition coefficient (Wildman–Crippen LogP) is 3.87. The molecule has 0 fully saturated rings. The van der Waals surface area contributed by atoms with Crippen LogP contribution >= 0.6 is 23.1 Å². The van der Waals surface area contributed by atoms with Crippen molar-refractivity contribution in [3.8, 4) is 0 Å². The van der Waals surface area contributed by atoms with Gasteiger partial charge < -0.3 is 5.32 Å². The average Bonchev–Trinajstić information content (AvgIpc) is 2.58. The summed E-state index contributed by atoms with van der Waals surface area (Å²) in [5.41, 5.74) is -0.284. The number of carbonyl (C=O) groups excluding carboxylic acids is 1. The van der Waals surface area contributed by atoms with Crippen molar-refractivity contribution in [2.45, 2.75) is 26.3 Å². The lowest BCUT2D eigenvalue weighted by Crippen LogP contribution is -2.43. The lowest BCUT2D eigenvalue weighted by atomic mass is 10.1. The highest BCUT2D eigenvalue weighted by Crippen LogP contribution is 2.29. The molecule has 0 aliphatic rings. The van der Waals surface area contributed by atoms with E-state index >= 15 is 0 Å². The summed E-state index contributed by atoms with van der Waals surface area (Å²) in [6, 6.07) is 5.23. The highest BCUT2D eigenvalue weighted by atomic mass is 35.5. The van der Waals surface area contributed by atoms with Gasteiger partial charge in [0, 0.05) is 15.9 Å². The van der Waals surface area contributed by atoms with Crippen LogP contribution in [0.2, 0.25) is 5.02 Å². The maximum atomic E-state index is 11.8. The Kier molecular flexibility index (Phi) is 3.45. The van der Waals surface area contributed by atoms with Gasteiger partial charge in [-0.15, -0.1) is 0 Å². The standard InChI is InChI=1S/C12H14ClN3OS/c1-12(2,3)15-11(17)14-10-8-6-7(13)4-5-9(8)18-16-10/h4-6H,1-3H3,(H2,14,15,16,17). The van der Waals surface area contributed by atoms with Crippen LogP contribution in [-0.2, 0) is 0 Å². The average molecular weight is 284 g/mol. The number of nitrogens with one attached hydrogen (secondary N) is 2. The zero-order chi connectivity index (χ0) is 13.3. The number of rotatable bonds is 1. The first-order chi connectivity index (χ1) is 8.35. The van der Waals surface area contributed by atoms with E-state index in [0.29, 0.717) is 10.8 Å². The molecule has 2 N–H and O–H groups in total. The number of nitrogens with zero attached hydrogens (tertiary/aromatic N) is 1. The zero-order valence-electron chi connectivity index (χ0n) is 10.4. The summed E-state index contributed by atoms with van der Waals surface area (Å²) in [6.45, 7) is 5.76. The van der Waals surface area contributed by atoms with Crippen molar-refractivity contribution >= 4 is 45.1 Å². The van der Waals surface area contributed by atoms with Gasteiger partial charge in [0.05, 0.1) is 4.70 Å². The molecule has 2 aromatic rings. The lowest BCUT2D eigenvalue weighted by Gasteiger charge is -2.20. The zero-order valence-corrected chi connectivity index (χ0v) is 11.9. The largest absolute Gasteiger partial charge is 0.333 e. The molecule has 0 atom stereocenters. The maximum Gasteiger partial charge on any atom is 0.320 e. The van der Waals surface area contributed by atoms with E-state index in [0.717, 1.165) is 10.1 Å². The third-order valence-electron chi connectivity index (χ3n) is 2.15. The number of carbonyl (C=O) groups is 1. The number of urea groups is 1. The van der Waals surface area contributed by atoms with E-state index in [-0.39, 0.29) is 11.6 Å². The van der Waals surface area contributed by atoms with Crippen LogP contribution in [-0.4, -0.2) is 15.9 Å². The molecule has 0 unspecified atom stereocenters. The molecule has 0 bridgehead atoms. The third-order valence-corrected chi connectivity index (χ3v) is 3.21. The van der Waals surface area contributed by atoms with Gasteiger partial charge in [-0.1, -0.05) is 11.6 Å². The van der Waals surface area contributed by atoms with Crippen molar-refractivity contribution in [2.75, 3.05) is 5.32 Å². The van der Waals surface area contributed by atoms with Crippen molar-refractivity contribution in [1.29, 1.82) is 0 Å². The Hall–Kier alpha value is -1.33. The van der Waals surface area contributed by atoms with E-state index in [4.69, 9.17) is 11.6 Å². The lowest BCUT2D eigenvalue weighted by molar-refractivity contribution is 0.244. The van der Waals surface area contributed by atoms with Crippen LogP contribution in [0.4, 0.5) is 10.6 Å². The molecule has 18 heavy (non-hydrogen) atoms. The fourth-order valence-electron chi connectivity index (χ4n) is 1.48. The third kappa shape index (κ3) is 3.11. The molecule has 0 radical (unpaired) electrons. The summed E-state index contributed by atoms with van der Waals surface area (Å²) in [5.74, 6) is 0.541. The van der Waals surface area contributed by atoms with E-state index in [1.54, 1.807) is 12.1 Å². The van der Waals surface area contributed by atoms with Crippen molar-refractivity contribution in [1.82, 2.24) is 9.69 Å². The van der Waals surface area contributed by atoms with Crippen LogP contribution in [0.25, 0.3) is 10.1 Å². The fourth-order valence-corrected chi connectivity index (χ4v) is 2.37. The highest BCUT2D eigenvalue weighted by molar-refractivity contribution is 7.13. The van der Waals surface area contributed by atoms with Crippen LogP contribution in [0, 0.1) is 0 Å². The van der Waals surface area contributed by atoms with Gasteiger partial charge in [0.15, 0.2) is 5.82 Å². The van der Waals surface area contributed by atoms with Gasteiger partial charge in [-0.25, -0.2) is 4.79 Å². The molecule has 0 aliphatic carbocycles. The van der Waals surface area contributed by atoms with Gasteiger partial charge >= 0.3 is 6.03 Å². The minimum Gasteiger partial charge on any atom is -0.333 e. The molecule has 2 amide bonds. The molecule has 4 nitrogen and oxygen atoms in total. The summed E-state index contributed by atoms with van der Waals surface area (Å²) in [4.78, 5) is 11.8. The molecule has 1 aromatic heterocycles. The molecule has 0 saturated carbocycles. The molecule has 6 heteroatoms. The Balaban J connectivity index is 2.22. The van der Waals surface area contributed by atoms with Crippen molar-refractivity contribution in [3.63, 3.8) is 0 Å². The fraction of sp³-hybridized carbons (Fsp3) is 0.333. The predicted molar refractivity (Wildman–Crippen MR) is 76.5 cm³/mol. The minimum atomic E-state index is -0.284. The summed E-state index contributed by atoms with van der Waals surface area (Å²) in [6.07, 6.45) is 0. The van der Waals surface area contributed by atoms with Crippen LogP contribution in [0.3, 0.4) is 0 Å². The first-order valence-corrected chi connectivity index (χ1v) is 6.64. The number of anilines is 1. The van der Waals surface area contributed by atoms with Crippen LogP contribution in [0.1, 0.15) is 20.8 Å². The van der Waals surface area contributed by atoms with E-state index in [9.17, 15) is 4.79 Å². The second kappa shape index (κ2) is 4.74. The normalized spacial score (nSPS) is 11.6. The van der Waals surface area contributed by atoms with E-state index < -0.39 is 0 Å². The van der Waals surface area contributed by atoms with Gasteiger partial charge in [0.2, 0.25) is 0 Å². The van der Waals surface area contributed by atoms with Gasteiger partial charge in [0.25, 0.3) is 0 Å². The summed E-state index contributed by atoms with van der Waals surface area (Å²) in [5, 5.41) is 7.04. The smallest absolute Gasteiger partial charge is 0.320 e. The van der Waals surface area contributed by atoms with Gasteiger partial charge in [-0.05, 0) is 50.5 Å². The van der Waals surface area contributed by atoms with Gasteiger partial charge in [-0.3, -0.25) is 5.32 Å². The number of benzene rings is 1. The van der Waals surface area contributed by atoms with E-state index in [1.165, 1.54) is 11.5 Å². The Morgan fingerprint density at radius 2 is 2.11 bits per heavy atom. The van der Waals surface area contributed by atoms with Crippen molar-refractivity contribution in [2.24, 2.45) is 0 Å². The quantitative estimate of drug-likeness (QED) is 0.835. The maximum absolute atomic E-state index is 11.8. The Labute approximate surface area is 115 Å². The molecule has 96 valence electrons. The number of hydrogen-bond acceptors (Lipinski definition) is 3. The van der Waals surface area contributed by atoms with Crippen molar-refractivity contribution in [3.05, 3.63) is 23.2 Å². The van der Waals surface area contributed by atoms with E-state index in [1.807, 2.05) is 26.8 Å². The summed E-state index contributed by atoms with van der Waals surface area (Å²) >= 11 is 7.27. The number of fused-ring (bicyclic) bond motifs is 1. The number of aromatic nitrogens is 1. The monoisotopic (exact) mass is 283 g/mol. The molecular weight excluding hydrogens is 270 g/mol. The highest BCUT2D eigenvalue weighted by Gasteiger charge is 2.15. The van der Waals surface area contributed by atoms with Crippen LogP contribution in [0.5, 0.6) is 0 Å². The molecule has 1 heterocycles. The Morgan fingerprint density at radius 1 is 1.39 bits per heavy atom. The first kappa shape index (κ1) is 13.1. The van der Waals surface area contributed by atoms with Crippen LogP contribution in [0.15, 0.2) is 18.2 Å². The Morgan fingerprint density at radius 3 is 2.78 bits per heavy atom. The SMILES string of the molecule is CC(C)(C)NC(=O)Nc1nsc2ccc(Cl)cc12. The molecule has 0 spiro atoms. The molecule has 2 rings (SSSR count). The minimum absolute atomic E-state index is 0.269. The first-order valence-electron chi connectivity index (χ1n) is 5.49. The number of halogens is 1. The molecule has 1 aromatic carbocycles. The van der Waals surface area contributed by atoms with Crippen LogP contribution < -0.4 is 10.6 Å². The van der Waals surface area contributed by atoms with Crippen molar-refractivity contribution < 1.29 is 4.79 Å². The summed E-state index contributed by atoms with van der Waals surface area (Å²) < 4.78 is 5.21. The second-order valence-corrected chi connectivity index (χ2v) is 6.24. The van der Waals surface area contributed by atoms with E-state index in [2.05, 4.69) is 15.0 Å². The molecule has 0 aliphatic heterocycles. The summed E-state index contributed by atoms with van der Waals surface area (Å²) in [7, 11) is 0. The second-order valence-electron chi connectivity index (χ2n) is 5.00. The molecule has 0 saturated heterocycles. The van der Waals surface area contributed by atoms with Gasteiger partial charge in [0.1, 0.15) is 0 Å². The number of hydrogen-bond donors (Lipinski definition) is 2. The Bertz CT molecular complexity index is 589. The number of amides is 2. The van der Waals surface area contributed by atoms with Gasteiger partial charge in [-0.2, -0.15) is 4.37 Å².